The van der Waals surface area contributed by atoms with Crippen molar-refractivity contribution in [2.45, 2.75) is 32.8 Å². The summed E-state index contributed by atoms with van der Waals surface area (Å²) in [6.45, 7) is 14.7. The van der Waals surface area contributed by atoms with Crippen LogP contribution in [-0.4, -0.2) is 156 Å². The molecule has 1 aromatic rings. The van der Waals surface area contributed by atoms with Crippen molar-refractivity contribution in [2.24, 2.45) is 0 Å². The molecule has 0 aliphatic carbocycles. The van der Waals surface area contributed by atoms with Gasteiger partial charge in [0.05, 0.1) is 144 Å². The predicted molar refractivity (Wildman–Crippen MR) is 175 cm³/mol. The van der Waals surface area contributed by atoms with Crippen molar-refractivity contribution >= 4 is 11.9 Å². The van der Waals surface area contributed by atoms with Crippen molar-refractivity contribution in [1.29, 1.82) is 0 Å². The van der Waals surface area contributed by atoms with Crippen LogP contribution in [0.5, 0.6) is 0 Å². The van der Waals surface area contributed by atoms with Crippen molar-refractivity contribution in [2.75, 3.05) is 139 Å². The van der Waals surface area contributed by atoms with Crippen LogP contribution in [0.4, 0.5) is 0 Å². The normalized spacial score (nSPS) is 11.6. The minimum Gasteiger partial charge on any atom is -0.460 e. The quantitative estimate of drug-likeness (QED) is 0.0772. The van der Waals surface area contributed by atoms with Gasteiger partial charge >= 0.3 is 11.9 Å². The lowest BCUT2D eigenvalue weighted by Crippen LogP contribution is -2.24. The topological polar surface area (TPSA) is 145 Å². The van der Waals surface area contributed by atoms with Crippen molar-refractivity contribution in [1.82, 2.24) is 0 Å². The molecule has 0 N–H and O–H groups in total. The van der Waals surface area contributed by atoms with Crippen molar-refractivity contribution in [3.05, 3.63) is 35.9 Å². The maximum atomic E-state index is 11.8. The van der Waals surface area contributed by atoms with Gasteiger partial charge in [-0.15, -0.1) is 0 Å². The number of benzene rings is 1. The fourth-order valence-corrected chi connectivity index (χ4v) is 3.48. The van der Waals surface area contributed by atoms with E-state index in [0.29, 0.717) is 138 Å². The number of ether oxygens (including phenoxy) is 12. The Balaban J connectivity index is 1.65. The van der Waals surface area contributed by atoms with Gasteiger partial charge in [-0.3, -0.25) is 4.79 Å². The summed E-state index contributed by atoms with van der Waals surface area (Å²) in [6.07, 6.45) is 0.228. The number of hydrogen-bond acceptors (Lipinski definition) is 14. The van der Waals surface area contributed by atoms with Gasteiger partial charge in [0.2, 0.25) is 0 Å². The first-order valence-electron chi connectivity index (χ1n) is 16.6. The third-order valence-corrected chi connectivity index (χ3v) is 5.69. The first-order valence-corrected chi connectivity index (χ1v) is 16.6. The molecule has 0 bridgehead atoms. The Morgan fingerprint density at radius 3 is 1.04 bits per heavy atom. The minimum absolute atomic E-state index is 0.197. The SMILES string of the molecule is CC(C)(C)OC(=O)CCOCCOCCOCCOCCOCCOCCOCCOCCOCCOCCOC(=O)c1ccccc1. The summed E-state index contributed by atoms with van der Waals surface area (Å²) in [7, 11) is 0. The molecule has 0 unspecified atom stereocenters. The van der Waals surface area contributed by atoms with Gasteiger partial charge in [-0.25, -0.2) is 4.79 Å². The fraction of sp³-hybridized carbons (Fsp3) is 0.765. The second-order valence-electron chi connectivity index (χ2n) is 11.0. The summed E-state index contributed by atoms with van der Waals surface area (Å²) >= 11 is 0. The molecular formula is C34H58O14. The molecule has 14 nitrogen and oxygen atoms in total. The Labute approximate surface area is 285 Å². The van der Waals surface area contributed by atoms with Crippen LogP contribution in [0.2, 0.25) is 0 Å². The molecule has 0 aromatic heterocycles. The molecule has 14 heteroatoms. The summed E-state index contributed by atoms with van der Waals surface area (Å²) in [5.41, 5.74) is 0.0445. The lowest BCUT2D eigenvalue weighted by Gasteiger charge is -2.19. The van der Waals surface area contributed by atoms with E-state index in [-0.39, 0.29) is 25.0 Å². The summed E-state index contributed by atoms with van der Waals surface area (Å²) in [5, 5.41) is 0. The van der Waals surface area contributed by atoms with Gasteiger partial charge in [0.15, 0.2) is 0 Å². The average Bonchev–Trinajstić information content (AvgIpc) is 3.06. The lowest BCUT2D eigenvalue weighted by atomic mass is 10.2. The molecule has 278 valence electrons. The van der Waals surface area contributed by atoms with Crippen LogP contribution in [0.1, 0.15) is 37.6 Å². The standard InChI is InChI=1S/C34H58O14/c1-34(2,3)48-32(35)9-10-37-11-12-38-13-14-39-15-16-40-17-18-41-19-20-42-21-22-43-23-24-44-25-26-45-27-28-46-29-30-47-33(36)31-7-5-4-6-8-31/h4-8H,9-30H2,1-3H3. The second-order valence-corrected chi connectivity index (χ2v) is 11.0. The van der Waals surface area contributed by atoms with Crippen molar-refractivity contribution in [3.63, 3.8) is 0 Å². The van der Waals surface area contributed by atoms with Crippen molar-refractivity contribution < 1.29 is 66.4 Å². The smallest absolute Gasteiger partial charge is 0.338 e. The molecule has 48 heavy (non-hydrogen) atoms. The van der Waals surface area contributed by atoms with E-state index in [1.807, 2.05) is 26.8 Å². The Bertz CT molecular complexity index is 865. The van der Waals surface area contributed by atoms with Gasteiger partial charge in [0.1, 0.15) is 12.2 Å². The second kappa shape index (κ2) is 32.0. The fourth-order valence-electron chi connectivity index (χ4n) is 3.48. The van der Waals surface area contributed by atoms with E-state index >= 15 is 0 Å². The molecule has 0 aliphatic rings. The molecule has 0 heterocycles. The minimum atomic E-state index is -0.477. The zero-order chi connectivity index (χ0) is 34.8. The highest BCUT2D eigenvalue weighted by Crippen LogP contribution is 2.08. The third kappa shape index (κ3) is 31.1. The Hall–Kier alpha value is -2.24. The van der Waals surface area contributed by atoms with Crippen LogP contribution in [0.3, 0.4) is 0 Å². The number of rotatable bonds is 34. The largest absolute Gasteiger partial charge is 0.460 e. The van der Waals surface area contributed by atoms with Crippen LogP contribution < -0.4 is 0 Å². The number of carbonyl (C=O) groups excluding carboxylic acids is 2. The highest BCUT2D eigenvalue weighted by atomic mass is 16.6. The summed E-state index contributed by atoms with van der Waals surface area (Å²) in [5.74, 6) is -0.629. The molecule has 0 atom stereocenters. The molecular weight excluding hydrogens is 632 g/mol. The van der Waals surface area contributed by atoms with E-state index in [1.165, 1.54) is 0 Å². The van der Waals surface area contributed by atoms with Gasteiger partial charge in [0, 0.05) is 0 Å². The van der Waals surface area contributed by atoms with E-state index in [0.717, 1.165) is 0 Å². The van der Waals surface area contributed by atoms with E-state index in [4.69, 9.17) is 56.8 Å². The zero-order valence-electron chi connectivity index (χ0n) is 29.2. The molecule has 0 saturated carbocycles. The van der Waals surface area contributed by atoms with Crippen LogP contribution in [-0.2, 0) is 61.6 Å². The number of carbonyl (C=O) groups is 2. The van der Waals surface area contributed by atoms with E-state index < -0.39 is 5.60 Å². The van der Waals surface area contributed by atoms with Crippen molar-refractivity contribution in [3.8, 4) is 0 Å². The maximum Gasteiger partial charge on any atom is 0.338 e. The van der Waals surface area contributed by atoms with E-state index in [1.54, 1.807) is 24.3 Å². The highest BCUT2D eigenvalue weighted by molar-refractivity contribution is 5.89. The summed E-state index contributed by atoms with van der Waals surface area (Å²) < 4.78 is 64.7. The molecule has 1 aromatic carbocycles. The van der Waals surface area contributed by atoms with Gasteiger partial charge in [-0.1, -0.05) is 18.2 Å². The molecule has 0 amide bonds. The first-order chi connectivity index (χ1) is 23.4. The molecule has 0 spiro atoms. The van der Waals surface area contributed by atoms with E-state index in [2.05, 4.69) is 0 Å². The molecule has 0 saturated heterocycles. The monoisotopic (exact) mass is 690 g/mol. The first kappa shape index (κ1) is 43.8. The van der Waals surface area contributed by atoms with Crippen LogP contribution in [0.15, 0.2) is 30.3 Å². The Morgan fingerprint density at radius 2 is 0.729 bits per heavy atom. The van der Waals surface area contributed by atoms with Gasteiger partial charge in [-0.2, -0.15) is 0 Å². The Morgan fingerprint density at radius 1 is 0.438 bits per heavy atom. The summed E-state index contributed by atoms with van der Waals surface area (Å²) in [6, 6.07) is 8.84. The van der Waals surface area contributed by atoms with Crippen LogP contribution in [0.25, 0.3) is 0 Å². The molecule has 0 aliphatic heterocycles. The van der Waals surface area contributed by atoms with Gasteiger partial charge in [-0.05, 0) is 32.9 Å². The molecule has 0 radical (unpaired) electrons. The average molecular weight is 691 g/mol. The number of esters is 2. The number of hydrogen-bond donors (Lipinski definition) is 0. The van der Waals surface area contributed by atoms with Gasteiger partial charge < -0.3 is 56.8 Å². The van der Waals surface area contributed by atoms with Gasteiger partial charge in [0.25, 0.3) is 0 Å². The molecule has 0 fully saturated rings. The van der Waals surface area contributed by atoms with Crippen LogP contribution >= 0.6 is 0 Å². The van der Waals surface area contributed by atoms with Crippen LogP contribution in [0, 0.1) is 0 Å². The Kier molecular flexibility index (Phi) is 29.2. The lowest BCUT2D eigenvalue weighted by molar-refractivity contribution is -0.156. The van der Waals surface area contributed by atoms with E-state index in [9.17, 15) is 9.59 Å². The maximum absolute atomic E-state index is 11.8. The molecule has 1 rings (SSSR count). The third-order valence-electron chi connectivity index (χ3n) is 5.69. The zero-order valence-corrected chi connectivity index (χ0v) is 29.2. The predicted octanol–water partition coefficient (Wildman–Crippen LogP) is 2.74. The highest BCUT2D eigenvalue weighted by Gasteiger charge is 2.15. The summed E-state index contributed by atoms with van der Waals surface area (Å²) in [4.78, 5) is 23.3.